The average Bonchev–Trinajstić information content (AvgIpc) is 2.55. The summed E-state index contributed by atoms with van der Waals surface area (Å²) < 4.78 is 6.14. The van der Waals surface area contributed by atoms with Gasteiger partial charge in [0.2, 0.25) is 0 Å². The van der Waals surface area contributed by atoms with Crippen LogP contribution in [0.15, 0.2) is 47.1 Å². The third kappa shape index (κ3) is 4.54. The van der Waals surface area contributed by atoms with Gasteiger partial charge in [-0.05, 0) is 43.3 Å². The van der Waals surface area contributed by atoms with Crippen molar-refractivity contribution in [1.82, 2.24) is 4.98 Å². The van der Waals surface area contributed by atoms with E-state index >= 15 is 0 Å². The van der Waals surface area contributed by atoms with Crippen molar-refractivity contribution in [2.24, 2.45) is 0 Å². The molecule has 5 nitrogen and oxygen atoms in total. The number of halogens is 1. The third-order valence-corrected chi connectivity index (χ3v) is 3.64. The molecule has 0 saturated carbocycles. The number of pyridine rings is 1. The monoisotopic (exact) mass is 363 g/mol. The molecule has 0 aliphatic heterocycles. The van der Waals surface area contributed by atoms with Crippen LogP contribution in [0.3, 0.4) is 0 Å². The topological polar surface area (TPSA) is 63.2 Å². The summed E-state index contributed by atoms with van der Waals surface area (Å²) in [5.74, 6) is 0.337. The van der Waals surface area contributed by atoms with Gasteiger partial charge >= 0.3 is 0 Å². The van der Waals surface area contributed by atoms with Gasteiger partial charge in [0.15, 0.2) is 0 Å². The maximum Gasteiger partial charge on any atom is 0.259 e. The lowest BCUT2D eigenvalue weighted by Gasteiger charge is -2.14. The van der Waals surface area contributed by atoms with E-state index in [1.165, 1.54) is 0 Å². The van der Waals surface area contributed by atoms with E-state index < -0.39 is 0 Å². The average molecular weight is 364 g/mol. The fraction of sp³-hybridized carbons (Fsp3) is 0.250. The number of anilines is 2. The second kappa shape index (κ2) is 7.91. The molecule has 0 fully saturated rings. The number of benzene rings is 1. The molecule has 0 saturated heterocycles. The Labute approximate surface area is 138 Å². The first-order valence-corrected chi connectivity index (χ1v) is 7.68. The Balaban J connectivity index is 2.10. The van der Waals surface area contributed by atoms with Gasteiger partial charge in [0.1, 0.15) is 5.82 Å². The molecule has 1 aromatic carbocycles. The van der Waals surface area contributed by atoms with Crippen LogP contribution in [0.4, 0.5) is 11.5 Å². The van der Waals surface area contributed by atoms with Crippen LogP contribution in [0.25, 0.3) is 0 Å². The van der Waals surface area contributed by atoms with Gasteiger partial charge in [-0.25, -0.2) is 4.98 Å². The number of carbonyl (C=O) groups is 1. The standard InChI is InChI=1S/C16H18BrN3O2/c1-11(22-2)10-19-15-14(4-3-9-18-15)16(21)20-13-7-5-12(17)6-8-13/h3-9,11H,10H2,1-2H3,(H,18,19)(H,20,21). The molecule has 0 aliphatic rings. The first kappa shape index (κ1) is 16.5. The highest BCUT2D eigenvalue weighted by Crippen LogP contribution is 2.17. The Morgan fingerprint density at radius 3 is 2.73 bits per heavy atom. The molecule has 1 amide bonds. The molecule has 2 aromatic rings. The molecule has 1 aromatic heterocycles. The fourth-order valence-electron chi connectivity index (χ4n) is 1.78. The van der Waals surface area contributed by atoms with Crippen LogP contribution < -0.4 is 10.6 Å². The molecule has 6 heteroatoms. The van der Waals surface area contributed by atoms with Crippen LogP contribution in [0.5, 0.6) is 0 Å². The Bertz CT molecular complexity index is 632. The normalized spacial score (nSPS) is 11.8. The van der Waals surface area contributed by atoms with Crippen LogP contribution in [-0.4, -0.2) is 30.6 Å². The number of aromatic nitrogens is 1. The van der Waals surface area contributed by atoms with E-state index in [0.29, 0.717) is 17.9 Å². The largest absolute Gasteiger partial charge is 0.380 e. The predicted octanol–water partition coefficient (Wildman–Crippen LogP) is 3.54. The number of hydrogen-bond donors (Lipinski definition) is 2. The van der Waals surface area contributed by atoms with Gasteiger partial charge in [-0.3, -0.25) is 4.79 Å². The van der Waals surface area contributed by atoms with Crippen molar-refractivity contribution in [3.63, 3.8) is 0 Å². The molecule has 22 heavy (non-hydrogen) atoms. The molecule has 1 heterocycles. The first-order valence-electron chi connectivity index (χ1n) is 6.88. The summed E-state index contributed by atoms with van der Waals surface area (Å²) in [6.07, 6.45) is 1.68. The number of rotatable bonds is 6. The highest BCUT2D eigenvalue weighted by Gasteiger charge is 2.13. The van der Waals surface area contributed by atoms with Gasteiger partial charge in [0.25, 0.3) is 5.91 Å². The van der Waals surface area contributed by atoms with E-state index in [-0.39, 0.29) is 12.0 Å². The number of nitrogens with one attached hydrogen (secondary N) is 2. The van der Waals surface area contributed by atoms with Crippen molar-refractivity contribution in [1.29, 1.82) is 0 Å². The lowest BCUT2D eigenvalue weighted by molar-refractivity contribution is 0.102. The maximum atomic E-state index is 12.4. The zero-order chi connectivity index (χ0) is 15.9. The van der Waals surface area contributed by atoms with Gasteiger partial charge < -0.3 is 15.4 Å². The van der Waals surface area contributed by atoms with Crippen molar-refractivity contribution in [2.75, 3.05) is 24.3 Å². The van der Waals surface area contributed by atoms with Gasteiger partial charge in [-0.1, -0.05) is 15.9 Å². The summed E-state index contributed by atoms with van der Waals surface area (Å²) in [5, 5.41) is 5.99. The molecule has 2 rings (SSSR count). The number of carbonyl (C=O) groups excluding carboxylic acids is 1. The summed E-state index contributed by atoms with van der Waals surface area (Å²) in [5.41, 5.74) is 1.22. The minimum absolute atomic E-state index is 0.0318. The van der Waals surface area contributed by atoms with Crippen LogP contribution in [0.1, 0.15) is 17.3 Å². The summed E-state index contributed by atoms with van der Waals surface area (Å²) in [4.78, 5) is 16.6. The second-order valence-corrected chi connectivity index (χ2v) is 5.70. The van der Waals surface area contributed by atoms with E-state index in [0.717, 1.165) is 10.2 Å². The lowest BCUT2D eigenvalue weighted by Crippen LogP contribution is -2.21. The summed E-state index contributed by atoms with van der Waals surface area (Å²) in [6, 6.07) is 10.9. The Hall–Kier alpha value is -1.92. The van der Waals surface area contributed by atoms with Crippen molar-refractivity contribution < 1.29 is 9.53 Å². The molecule has 0 aliphatic carbocycles. The Morgan fingerprint density at radius 1 is 1.32 bits per heavy atom. The molecule has 0 spiro atoms. The van der Waals surface area contributed by atoms with Crippen LogP contribution in [-0.2, 0) is 4.74 Å². The minimum atomic E-state index is -0.206. The number of nitrogens with zero attached hydrogens (tertiary/aromatic N) is 1. The number of hydrogen-bond acceptors (Lipinski definition) is 4. The van der Waals surface area contributed by atoms with Gasteiger partial charge in [-0.15, -0.1) is 0 Å². The SMILES string of the molecule is COC(C)CNc1ncccc1C(=O)Nc1ccc(Br)cc1. The number of ether oxygens (including phenoxy) is 1. The van der Waals surface area contributed by atoms with Crippen molar-refractivity contribution in [3.05, 3.63) is 52.6 Å². The van der Waals surface area contributed by atoms with Gasteiger partial charge in [-0.2, -0.15) is 0 Å². The highest BCUT2D eigenvalue weighted by molar-refractivity contribution is 9.10. The second-order valence-electron chi connectivity index (χ2n) is 4.79. The zero-order valence-electron chi connectivity index (χ0n) is 12.5. The van der Waals surface area contributed by atoms with Crippen molar-refractivity contribution in [3.8, 4) is 0 Å². The summed E-state index contributed by atoms with van der Waals surface area (Å²) in [6.45, 7) is 2.52. The fourth-order valence-corrected chi connectivity index (χ4v) is 2.05. The van der Waals surface area contributed by atoms with E-state index in [9.17, 15) is 4.79 Å². The van der Waals surface area contributed by atoms with Gasteiger partial charge in [0.05, 0.1) is 11.7 Å². The molecular formula is C16H18BrN3O2. The number of methoxy groups -OCH3 is 1. The first-order chi connectivity index (χ1) is 10.6. The van der Waals surface area contributed by atoms with E-state index in [1.807, 2.05) is 31.2 Å². The summed E-state index contributed by atoms with van der Waals surface area (Å²) >= 11 is 3.36. The van der Waals surface area contributed by atoms with Crippen LogP contribution >= 0.6 is 15.9 Å². The minimum Gasteiger partial charge on any atom is -0.380 e. The molecule has 116 valence electrons. The van der Waals surface area contributed by atoms with E-state index in [1.54, 1.807) is 25.4 Å². The Kier molecular flexibility index (Phi) is 5.91. The van der Waals surface area contributed by atoms with Crippen molar-refractivity contribution >= 4 is 33.3 Å². The molecule has 0 radical (unpaired) electrons. The van der Waals surface area contributed by atoms with Crippen LogP contribution in [0.2, 0.25) is 0 Å². The van der Waals surface area contributed by atoms with Gasteiger partial charge in [0, 0.05) is 30.0 Å². The molecule has 1 unspecified atom stereocenters. The quantitative estimate of drug-likeness (QED) is 0.823. The lowest BCUT2D eigenvalue weighted by atomic mass is 10.2. The zero-order valence-corrected chi connectivity index (χ0v) is 14.1. The van der Waals surface area contributed by atoms with Crippen LogP contribution in [0, 0.1) is 0 Å². The Morgan fingerprint density at radius 2 is 2.05 bits per heavy atom. The smallest absolute Gasteiger partial charge is 0.259 e. The number of amides is 1. The highest BCUT2D eigenvalue weighted by atomic mass is 79.9. The van der Waals surface area contributed by atoms with E-state index in [2.05, 4.69) is 31.5 Å². The van der Waals surface area contributed by atoms with Crippen molar-refractivity contribution in [2.45, 2.75) is 13.0 Å². The molecule has 1 atom stereocenters. The third-order valence-electron chi connectivity index (χ3n) is 3.11. The molecule has 2 N–H and O–H groups in total. The molecular weight excluding hydrogens is 346 g/mol. The maximum absolute atomic E-state index is 12.4. The predicted molar refractivity (Wildman–Crippen MR) is 91.3 cm³/mol. The summed E-state index contributed by atoms with van der Waals surface area (Å²) in [7, 11) is 1.64. The van der Waals surface area contributed by atoms with E-state index in [4.69, 9.17) is 4.74 Å². The molecule has 0 bridgehead atoms.